The fourth-order valence-corrected chi connectivity index (χ4v) is 3.59. The number of carboxylic acid groups (broad SMARTS) is 1. The maximum absolute atomic E-state index is 14.1. The third-order valence-corrected chi connectivity index (χ3v) is 5.61. The molecule has 39 heavy (non-hydrogen) atoms. The molecule has 0 aliphatic heterocycles. The van der Waals surface area contributed by atoms with E-state index in [9.17, 15) is 43.3 Å². The number of carbonyl (C=O) groups is 4. The lowest BCUT2D eigenvalue weighted by Crippen LogP contribution is -2.51. The Morgan fingerprint density at radius 1 is 0.744 bits per heavy atom. The van der Waals surface area contributed by atoms with E-state index in [1.807, 2.05) is 0 Å². The average Bonchev–Trinajstić information content (AvgIpc) is 2.88. The fraction of sp³-hybridized carbons (Fsp3) is 0.185. The van der Waals surface area contributed by atoms with Gasteiger partial charge in [-0.15, -0.1) is 0 Å². The maximum Gasteiger partial charge on any atom is 0.326 e. The Hall–Kier alpha value is -5.00. The minimum atomic E-state index is -1.33. The number of amides is 3. The van der Waals surface area contributed by atoms with Crippen LogP contribution in [0.25, 0.3) is 0 Å². The molecule has 0 saturated carbocycles. The third kappa shape index (κ3) is 8.52. The highest BCUT2D eigenvalue weighted by atomic mass is 19.1. The second-order valence-corrected chi connectivity index (χ2v) is 8.57. The molecule has 0 bridgehead atoms. The lowest BCUT2D eigenvalue weighted by atomic mass is 10.0. The van der Waals surface area contributed by atoms with Crippen LogP contribution in [-0.4, -0.2) is 57.6 Å². The number of aliphatic carboxylic acids is 1. The molecule has 0 radical (unpaired) electrons. The van der Waals surface area contributed by atoms with E-state index in [2.05, 4.69) is 16.0 Å². The van der Waals surface area contributed by atoms with Crippen molar-refractivity contribution in [1.82, 2.24) is 16.0 Å². The quantitative estimate of drug-likeness (QED) is 0.215. The van der Waals surface area contributed by atoms with Crippen LogP contribution in [0.2, 0.25) is 0 Å². The molecule has 0 aromatic heterocycles. The van der Waals surface area contributed by atoms with Crippen molar-refractivity contribution in [3.8, 4) is 11.5 Å². The van der Waals surface area contributed by atoms with Crippen LogP contribution in [0.5, 0.6) is 11.5 Å². The molecule has 204 valence electrons. The van der Waals surface area contributed by atoms with Crippen LogP contribution >= 0.6 is 0 Å². The van der Waals surface area contributed by atoms with Crippen LogP contribution in [0.4, 0.5) is 8.78 Å². The molecule has 3 aromatic rings. The molecule has 3 rings (SSSR count). The summed E-state index contributed by atoms with van der Waals surface area (Å²) in [6.45, 7) is -0.634. The number of phenols is 2. The number of aromatic hydroxyl groups is 2. The first kappa shape index (κ1) is 28.6. The Bertz CT molecular complexity index is 1350. The van der Waals surface area contributed by atoms with E-state index in [0.29, 0.717) is 17.2 Å². The van der Waals surface area contributed by atoms with Crippen LogP contribution in [0, 0.1) is 11.6 Å². The summed E-state index contributed by atoms with van der Waals surface area (Å²) >= 11 is 0. The summed E-state index contributed by atoms with van der Waals surface area (Å²) in [5.41, 5.74) is 0.544. The van der Waals surface area contributed by atoms with Gasteiger partial charge in [0.2, 0.25) is 11.8 Å². The van der Waals surface area contributed by atoms with Gasteiger partial charge >= 0.3 is 5.97 Å². The first-order valence-electron chi connectivity index (χ1n) is 11.6. The Balaban J connectivity index is 1.67. The molecule has 0 spiro atoms. The molecule has 6 N–H and O–H groups in total. The molecule has 12 heteroatoms. The number of carbonyl (C=O) groups excluding carboxylic acids is 3. The van der Waals surface area contributed by atoms with Crippen LogP contribution in [0.3, 0.4) is 0 Å². The highest BCUT2D eigenvalue weighted by molar-refractivity contribution is 5.98. The Morgan fingerprint density at radius 2 is 1.28 bits per heavy atom. The SMILES string of the molecule is O=C(CNC(=O)[C@H](Cc1ccc(O)cc1)NC(=O)c1ccc(F)cc1F)N[C@@H](Cc1ccc(O)cc1)C(=O)O. The molecule has 0 unspecified atom stereocenters. The van der Waals surface area contributed by atoms with Crippen LogP contribution in [0.15, 0.2) is 66.7 Å². The van der Waals surface area contributed by atoms with Gasteiger partial charge in [0.05, 0.1) is 12.1 Å². The van der Waals surface area contributed by atoms with Crippen molar-refractivity contribution < 1.29 is 43.3 Å². The lowest BCUT2D eigenvalue weighted by molar-refractivity contribution is -0.141. The number of hydrogen-bond acceptors (Lipinski definition) is 6. The van der Waals surface area contributed by atoms with Crippen molar-refractivity contribution in [3.05, 3.63) is 95.1 Å². The number of rotatable bonds is 11. The normalized spacial score (nSPS) is 12.2. The van der Waals surface area contributed by atoms with Gasteiger partial charge in [0.1, 0.15) is 35.2 Å². The number of nitrogens with one attached hydrogen (secondary N) is 3. The molecular formula is C27H25F2N3O7. The molecule has 3 amide bonds. The van der Waals surface area contributed by atoms with Crippen LogP contribution in [0.1, 0.15) is 21.5 Å². The summed E-state index contributed by atoms with van der Waals surface area (Å²) in [5, 5.41) is 35.3. The molecule has 0 aliphatic rings. The number of phenolic OH excluding ortho intramolecular Hbond substituents is 2. The molecule has 10 nitrogen and oxygen atoms in total. The highest BCUT2D eigenvalue weighted by Gasteiger charge is 2.25. The van der Waals surface area contributed by atoms with Gasteiger partial charge in [-0.2, -0.15) is 0 Å². The van der Waals surface area contributed by atoms with Crippen molar-refractivity contribution in [3.63, 3.8) is 0 Å². The molecule has 2 atom stereocenters. The van der Waals surface area contributed by atoms with E-state index < -0.39 is 59.5 Å². The van der Waals surface area contributed by atoms with E-state index in [1.54, 1.807) is 0 Å². The molecular weight excluding hydrogens is 516 g/mol. The average molecular weight is 542 g/mol. The van der Waals surface area contributed by atoms with Crippen LogP contribution in [-0.2, 0) is 27.2 Å². The summed E-state index contributed by atoms with van der Waals surface area (Å²) in [5.74, 6) is -6.05. The largest absolute Gasteiger partial charge is 0.508 e. The molecule has 0 fully saturated rings. The third-order valence-electron chi connectivity index (χ3n) is 5.61. The van der Waals surface area contributed by atoms with Gasteiger partial charge in [-0.1, -0.05) is 24.3 Å². The zero-order chi connectivity index (χ0) is 28.5. The maximum atomic E-state index is 14.1. The van der Waals surface area contributed by atoms with Gasteiger partial charge in [0.15, 0.2) is 0 Å². The summed E-state index contributed by atoms with van der Waals surface area (Å²) in [7, 11) is 0. The summed E-state index contributed by atoms with van der Waals surface area (Å²) in [4.78, 5) is 49.6. The standard InChI is InChI=1S/C27H25F2N3O7/c28-17-5-10-20(21(29)13-17)25(36)32-22(11-15-1-6-18(33)7-2-15)26(37)30-14-24(35)31-23(27(38)39)12-16-3-8-19(34)9-4-16/h1-10,13,22-23,33-34H,11-12,14H2,(H,30,37)(H,31,35)(H,32,36)(H,38,39)/t22-,23-/m0/s1. The van der Waals surface area contributed by atoms with Crippen molar-refractivity contribution in [1.29, 1.82) is 0 Å². The zero-order valence-corrected chi connectivity index (χ0v) is 20.4. The number of hydrogen-bond donors (Lipinski definition) is 6. The Morgan fingerprint density at radius 3 is 1.79 bits per heavy atom. The van der Waals surface area contributed by atoms with E-state index in [-0.39, 0.29) is 24.3 Å². The molecule has 0 aliphatic carbocycles. The molecule has 0 saturated heterocycles. The van der Waals surface area contributed by atoms with E-state index in [0.717, 1.165) is 12.1 Å². The first-order valence-corrected chi connectivity index (χ1v) is 11.6. The van der Waals surface area contributed by atoms with Gasteiger partial charge < -0.3 is 31.3 Å². The van der Waals surface area contributed by atoms with Gasteiger partial charge in [-0.3, -0.25) is 14.4 Å². The number of carboxylic acids is 1. The van der Waals surface area contributed by atoms with E-state index in [4.69, 9.17) is 0 Å². The van der Waals surface area contributed by atoms with Crippen molar-refractivity contribution >= 4 is 23.7 Å². The van der Waals surface area contributed by atoms with E-state index >= 15 is 0 Å². The second kappa shape index (κ2) is 13.0. The zero-order valence-electron chi connectivity index (χ0n) is 20.4. The fourth-order valence-electron chi connectivity index (χ4n) is 3.59. The topological polar surface area (TPSA) is 165 Å². The number of benzene rings is 3. The van der Waals surface area contributed by atoms with Gasteiger partial charge in [-0.05, 0) is 47.5 Å². The van der Waals surface area contributed by atoms with Crippen molar-refractivity contribution in [2.24, 2.45) is 0 Å². The van der Waals surface area contributed by atoms with Gasteiger partial charge in [-0.25, -0.2) is 13.6 Å². The Kier molecular flexibility index (Phi) is 9.52. The summed E-state index contributed by atoms with van der Waals surface area (Å²) < 4.78 is 27.3. The molecule has 0 heterocycles. The summed E-state index contributed by atoms with van der Waals surface area (Å²) in [6, 6.07) is 11.1. The predicted octanol–water partition coefficient (Wildman–Crippen LogP) is 1.65. The highest BCUT2D eigenvalue weighted by Crippen LogP contribution is 2.14. The molecule has 3 aromatic carbocycles. The van der Waals surface area contributed by atoms with Crippen molar-refractivity contribution in [2.45, 2.75) is 24.9 Å². The predicted molar refractivity (Wildman–Crippen MR) is 134 cm³/mol. The Labute approximate surface area is 221 Å². The van der Waals surface area contributed by atoms with Crippen molar-refractivity contribution in [2.75, 3.05) is 6.54 Å². The van der Waals surface area contributed by atoms with Gasteiger partial charge in [0, 0.05) is 18.9 Å². The van der Waals surface area contributed by atoms with Crippen LogP contribution < -0.4 is 16.0 Å². The minimum absolute atomic E-state index is 0.00603. The summed E-state index contributed by atoms with van der Waals surface area (Å²) in [6.07, 6.45) is -0.195. The van der Waals surface area contributed by atoms with Gasteiger partial charge in [0.25, 0.3) is 5.91 Å². The monoisotopic (exact) mass is 541 g/mol. The smallest absolute Gasteiger partial charge is 0.326 e. The second-order valence-electron chi connectivity index (χ2n) is 8.57. The van der Waals surface area contributed by atoms with E-state index in [1.165, 1.54) is 48.5 Å². The number of halogens is 2. The first-order chi connectivity index (χ1) is 18.5. The minimum Gasteiger partial charge on any atom is -0.508 e. The lowest BCUT2D eigenvalue weighted by Gasteiger charge is -2.20.